The van der Waals surface area contributed by atoms with Crippen LogP contribution in [0.5, 0.6) is 0 Å². The van der Waals surface area contributed by atoms with Crippen molar-refractivity contribution in [2.24, 2.45) is 11.8 Å². The molecule has 1 fully saturated rings. The Kier molecular flexibility index (Phi) is 9.35. The van der Waals surface area contributed by atoms with Gasteiger partial charge in [-0.2, -0.15) is 0 Å². The van der Waals surface area contributed by atoms with Gasteiger partial charge in [-0.25, -0.2) is 0 Å². The van der Waals surface area contributed by atoms with Gasteiger partial charge >= 0.3 is 0 Å². The zero-order chi connectivity index (χ0) is 25.2. The summed E-state index contributed by atoms with van der Waals surface area (Å²) >= 11 is 0. The van der Waals surface area contributed by atoms with Crippen LogP contribution in [-0.2, 0) is 32.0 Å². The van der Waals surface area contributed by atoms with Crippen LogP contribution in [0.25, 0.3) is 0 Å². The second-order valence-corrected chi connectivity index (χ2v) is 9.11. The molecule has 0 aromatic heterocycles. The number of nitrogens with one attached hydrogen (secondary N) is 3. The Morgan fingerprint density at radius 2 is 1.43 bits per heavy atom. The molecular weight excluding hydrogens is 442 g/mol. The molecular formula is C28H33N3O4. The van der Waals surface area contributed by atoms with Crippen LogP contribution in [0.15, 0.2) is 72.9 Å². The molecule has 1 aliphatic heterocycles. The maximum absolute atomic E-state index is 13.5. The second kappa shape index (κ2) is 12.6. The highest BCUT2D eigenvalue weighted by Gasteiger charge is 2.29. The third kappa shape index (κ3) is 8.21. The smallest absolute Gasteiger partial charge is 0.225 e. The van der Waals surface area contributed by atoms with Gasteiger partial charge in [-0.1, -0.05) is 67.2 Å². The molecule has 0 aliphatic carbocycles. The second-order valence-electron chi connectivity index (χ2n) is 9.11. The van der Waals surface area contributed by atoms with Crippen LogP contribution >= 0.6 is 0 Å². The molecule has 2 aromatic carbocycles. The summed E-state index contributed by atoms with van der Waals surface area (Å²) in [4.78, 5) is 51.2. The van der Waals surface area contributed by atoms with Gasteiger partial charge in [0.2, 0.25) is 11.8 Å². The Hall–Kier alpha value is -3.74. The number of Topliss-reactive ketones (excluding diaryl/α,β-unsaturated/α-hetero) is 2. The van der Waals surface area contributed by atoms with Crippen LogP contribution < -0.4 is 16.0 Å². The highest BCUT2D eigenvalue weighted by atomic mass is 16.2. The van der Waals surface area contributed by atoms with E-state index < -0.39 is 17.9 Å². The summed E-state index contributed by atoms with van der Waals surface area (Å²) < 4.78 is 0. The van der Waals surface area contributed by atoms with Crippen LogP contribution in [0.1, 0.15) is 30.9 Å². The number of amides is 2. The van der Waals surface area contributed by atoms with Gasteiger partial charge < -0.3 is 20.7 Å². The first-order valence-electron chi connectivity index (χ1n) is 11.9. The van der Waals surface area contributed by atoms with Gasteiger partial charge in [-0.15, -0.1) is 0 Å². The number of rotatable bonds is 6. The SMILES string of the molecule is C=C1CNC(=O)[C@@H](CC(C)=O)CNC(=O)[C@H](Cc2ccccc2)CC(=O)[C@H](Cc2ccccc2)N1. The lowest BCUT2D eigenvalue weighted by atomic mass is 9.89. The summed E-state index contributed by atoms with van der Waals surface area (Å²) in [7, 11) is 0. The summed E-state index contributed by atoms with van der Waals surface area (Å²) in [5.41, 5.74) is 2.41. The summed E-state index contributed by atoms with van der Waals surface area (Å²) in [5.74, 6) is -2.19. The molecule has 3 atom stereocenters. The predicted molar refractivity (Wildman–Crippen MR) is 134 cm³/mol. The normalized spacial score (nSPS) is 22.0. The zero-order valence-electron chi connectivity index (χ0n) is 20.1. The third-order valence-electron chi connectivity index (χ3n) is 6.10. The predicted octanol–water partition coefficient (Wildman–Crippen LogP) is 2.36. The van der Waals surface area contributed by atoms with E-state index >= 15 is 0 Å². The summed E-state index contributed by atoms with van der Waals surface area (Å²) in [6, 6.07) is 18.6. The fourth-order valence-corrected chi connectivity index (χ4v) is 4.24. The Morgan fingerprint density at radius 1 is 0.857 bits per heavy atom. The minimum absolute atomic E-state index is 0.0188. The number of benzene rings is 2. The average Bonchev–Trinajstić information content (AvgIpc) is 2.85. The summed E-state index contributed by atoms with van der Waals surface area (Å²) in [5, 5.41) is 8.77. The molecule has 1 saturated heterocycles. The van der Waals surface area contributed by atoms with Crippen molar-refractivity contribution in [2.75, 3.05) is 13.1 Å². The van der Waals surface area contributed by atoms with Crippen molar-refractivity contribution in [3.8, 4) is 0 Å². The molecule has 3 N–H and O–H groups in total. The van der Waals surface area contributed by atoms with E-state index in [0.29, 0.717) is 18.5 Å². The fraction of sp³-hybridized carbons (Fsp3) is 0.357. The highest BCUT2D eigenvalue weighted by molar-refractivity contribution is 5.91. The Morgan fingerprint density at radius 3 is 2.03 bits per heavy atom. The van der Waals surface area contributed by atoms with E-state index in [1.54, 1.807) is 0 Å². The minimum atomic E-state index is -0.696. The van der Waals surface area contributed by atoms with Crippen molar-refractivity contribution in [3.05, 3.63) is 84.1 Å². The number of hydrogen-bond donors (Lipinski definition) is 3. The minimum Gasteiger partial charge on any atom is -0.377 e. The van der Waals surface area contributed by atoms with Crippen LogP contribution in [0.2, 0.25) is 0 Å². The highest BCUT2D eigenvalue weighted by Crippen LogP contribution is 2.17. The van der Waals surface area contributed by atoms with E-state index in [9.17, 15) is 19.2 Å². The zero-order valence-corrected chi connectivity index (χ0v) is 20.1. The fourth-order valence-electron chi connectivity index (χ4n) is 4.24. The molecule has 7 nitrogen and oxygen atoms in total. The first-order valence-corrected chi connectivity index (χ1v) is 11.9. The van der Waals surface area contributed by atoms with E-state index in [-0.39, 0.29) is 49.3 Å². The average molecular weight is 476 g/mol. The molecule has 184 valence electrons. The van der Waals surface area contributed by atoms with Crippen LogP contribution in [0.4, 0.5) is 0 Å². The number of hydrogen-bond acceptors (Lipinski definition) is 5. The largest absolute Gasteiger partial charge is 0.377 e. The van der Waals surface area contributed by atoms with Gasteiger partial charge in [0, 0.05) is 31.0 Å². The Balaban J connectivity index is 1.88. The Bertz CT molecular complexity index is 1050. The van der Waals surface area contributed by atoms with E-state index in [1.807, 2.05) is 60.7 Å². The number of ketones is 2. The molecule has 1 heterocycles. The van der Waals surface area contributed by atoms with Crippen molar-refractivity contribution in [1.29, 1.82) is 0 Å². The molecule has 35 heavy (non-hydrogen) atoms. The van der Waals surface area contributed by atoms with Crippen molar-refractivity contribution >= 4 is 23.4 Å². The molecule has 0 radical (unpaired) electrons. The van der Waals surface area contributed by atoms with Gasteiger partial charge in [-0.05, 0) is 30.9 Å². The quantitative estimate of drug-likeness (QED) is 0.595. The van der Waals surface area contributed by atoms with Crippen LogP contribution in [0, 0.1) is 11.8 Å². The maximum Gasteiger partial charge on any atom is 0.225 e. The van der Waals surface area contributed by atoms with Crippen molar-refractivity contribution < 1.29 is 19.2 Å². The molecule has 0 bridgehead atoms. The van der Waals surface area contributed by atoms with Crippen LogP contribution in [0.3, 0.4) is 0 Å². The van der Waals surface area contributed by atoms with Gasteiger partial charge in [0.25, 0.3) is 0 Å². The first-order chi connectivity index (χ1) is 16.8. The lowest BCUT2D eigenvalue weighted by molar-refractivity contribution is -0.131. The number of carbonyl (C=O) groups is 4. The molecule has 2 aromatic rings. The topological polar surface area (TPSA) is 104 Å². The molecule has 3 rings (SSSR count). The number of carbonyl (C=O) groups excluding carboxylic acids is 4. The van der Waals surface area contributed by atoms with Gasteiger partial charge in [0.1, 0.15) is 5.78 Å². The molecule has 0 spiro atoms. The Labute approximate surface area is 206 Å². The van der Waals surface area contributed by atoms with Gasteiger partial charge in [0.05, 0.1) is 18.5 Å². The molecule has 0 unspecified atom stereocenters. The van der Waals surface area contributed by atoms with Crippen molar-refractivity contribution in [2.45, 2.75) is 38.6 Å². The first kappa shape index (κ1) is 25.9. The van der Waals surface area contributed by atoms with Crippen LogP contribution in [-0.4, -0.2) is 42.5 Å². The van der Waals surface area contributed by atoms with Crippen molar-refractivity contribution in [1.82, 2.24) is 16.0 Å². The third-order valence-corrected chi connectivity index (χ3v) is 6.10. The monoisotopic (exact) mass is 475 g/mol. The van der Waals surface area contributed by atoms with E-state index in [4.69, 9.17) is 0 Å². The van der Waals surface area contributed by atoms with Crippen molar-refractivity contribution in [3.63, 3.8) is 0 Å². The van der Waals surface area contributed by atoms with E-state index in [2.05, 4.69) is 22.5 Å². The van der Waals surface area contributed by atoms with E-state index in [1.165, 1.54) is 6.92 Å². The maximum atomic E-state index is 13.5. The van der Waals surface area contributed by atoms with Gasteiger partial charge in [0.15, 0.2) is 5.78 Å². The lowest BCUT2D eigenvalue weighted by Gasteiger charge is -2.23. The molecule has 2 amide bonds. The standard InChI is InChI=1S/C28H33N3O4/c1-19-17-29-28(35)24(13-20(2)32)18-30-27(34)23(14-21-9-5-3-6-10-21)16-26(33)25(31-19)15-22-11-7-4-8-12-22/h3-12,23-25,31H,1,13-18H2,2H3,(H,29,35)(H,30,34)/t23-,24+,25+/m1/s1. The van der Waals surface area contributed by atoms with Gasteiger partial charge in [-0.3, -0.25) is 14.4 Å². The molecule has 0 saturated carbocycles. The van der Waals surface area contributed by atoms with E-state index in [0.717, 1.165) is 11.1 Å². The summed E-state index contributed by atoms with van der Waals surface area (Å²) in [6.07, 6.45) is 0.877. The molecule has 1 aliphatic rings. The lowest BCUT2D eigenvalue weighted by Crippen LogP contribution is -2.42. The summed E-state index contributed by atoms with van der Waals surface area (Å²) in [6.45, 7) is 5.55. The molecule has 7 heteroatoms.